The number of nitrogen functional groups attached to an aromatic ring is 1. The van der Waals surface area contributed by atoms with Gasteiger partial charge in [0.1, 0.15) is 0 Å². The van der Waals surface area contributed by atoms with Crippen molar-refractivity contribution in [3.63, 3.8) is 0 Å². The van der Waals surface area contributed by atoms with Crippen molar-refractivity contribution in [3.8, 4) is 0 Å². The van der Waals surface area contributed by atoms with Crippen molar-refractivity contribution in [3.05, 3.63) is 59.9 Å². The summed E-state index contributed by atoms with van der Waals surface area (Å²) in [5.41, 5.74) is 8.23. The van der Waals surface area contributed by atoms with Gasteiger partial charge in [0.15, 0.2) is 0 Å². The molecule has 4 heteroatoms. The topological polar surface area (TPSA) is 59.2 Å². The molecule has 0 bridgehead atoms. The summed E-state index contributed by atoms with van der Waals surface area (Å²) in [5, 5.41) is 0. The number of anilines is 1. The summed E-state index contributed by atoms with van der Waals surface area (Å²) in [6.07, 6.45) is 2.04. The predicted octanol–water partition coefficient (Wildman–Crippen LogP) is 1.86. The zero-order valence-electron chi connectivity index (χ0n) is 10.9. The minimum atomic E-state index is 0.0311. The van der Waals surface area contributed by atoms with Gasteiger partial charge in [-0.2, -0.15) is 0 Å². The van der Waals surface area contributed by atoms with Crippen LogP contribution in [0.1, 0.15) is 11.3 Å². The molecule has 0 saturated heterocycles. The van der Waals surface area contributed by atoms with Gasteiger partial charge in [-0.05, 0) is 23.8 Å². The van der Waals surface area contributed by atoms with E-state index in [-0.39, 0.29) is 5.91 Å². The Morgan fingerprint density at radius 3 is 2.63 bits per heavy atom. The summed E-state index contributed by atoms with van der Waals surface area (Å²) < 4.78 is 0. The lowest BCUT2D eigenvalue weighted by atomic mass is 10.1. The Balaban J connectivity index is 1.99. The number of carbonyl (C=O) groups is 1. The fourth-order valence-electron chi connectivity index (χ4n) is 1.82. The van der Waals surface area contributed by atoms with E-state index in [1.54, 1.807) is 24.2 Å². The summed E-state index contributed by atoms with van der Waals surface area (Å²) in [4.78, 5) is 18.0. The van der Waals surface area contributed by atoms with E-state index in [1.165, 1.54) is 0 Å². The zero-order chi connectivity index (χ0) is 13.7. The average molecular weight is 255 g/mol. The van der Waals surface area contributed by atoms with Gasteiger partial charge < -0.3 is 10.6 Å². The van der Waals surface area contributed by atoms with E-state index in [0.717, 1.165) is 11.3 Å². The number of rotatable bonds is 4. The van der Waals surface area contributed by atoms with E-state index in [0.29, 0.717) is 18.7 Å². The second kappa shape index (κ2) is 6.00. The molecule has 0 aliphatic rings. The lowest BCUT2D eigenvalue weighted by molar-refractivity contribution is -0.129. The number of nitrogens with zero attached hydrogens (tertiary/aromatic N) is 2. The highest BCUT2D eigenvalue weighted by atomic mass is 16.2. The Hall–Kier alpha value is -2.36. The molecule has 98 valence electrons. The highest BCUT2D eigenvalue weighted by Gasteiger charge is 2.11. The van der Waals surface area contributed by atoms with E-state index in [9.17, 15) is 4.79 Å². The number of amides is 1. The molecule has 1 heterocycles. The highest BCUT2D eigenvalue weighted by molar-refractivity contribution is 5.80. The third-order valence-corrected chi connectivity index (χ3v) is 2.95. The van der Waals surface area contributed by atoms with Gasteiger partial charge in [0.2, 0.25) is 5.91 Å². The van der Waals surface area contributed by atoms with E-state index in [1.807, 2.05) is 36.4 Å². The number of carbonyl (C=O) groups excluding carboxylic acids is 1. The number of hydrogen-bond donors (Lipinski definition) is 1. The molecule has 0 aliphatic carbocycles. The van der Waals surface area contributed by atoms with Gasteiger partial charge in [0.05, 0.1) is 18.7 Å². The third kappa shape index (κ3) is 3.55. The number of likely N-dealkylation sites (N-methyl/N-ethyl adjacent to an activating group) is 1. The van der Waals surface area contributed by atoms with Gasteiger partial charge in [0.25, 0.3) is 0 Å². The highest BCUT2D eigenvalue weighted by Crippen LogP contribution is 2.12. The average Bonchev–Trinajstić information content (AvgIpc) is 2.42. The van der Waals surface area contributed by atoms with Gasteiger partial charge in [-0.3, -0.25) is 9.78 Å². The van der Waals surface area contributed by atoms with Crippen LogP contribution in [0.4, 0.5) is 5.69 Å². The van der Waals surface area contributed by atoms with Crippen molar-refractivity contribution in [2.75, 3.05) is 12.8 Å². The first-order chi connectivity index (χ1) is 9.16. The molecule has 0 atom stereocenters. The maximum Gasteiger partial charge on any atom is 0.227 e. The number of benzene rings is 1. The molecule has 0 fully saturated rings. The first-order valence-corrected chi connectivity index (χ1v) is 6.14. The SMILES string of the molecule is CN(Cc1ccccn1)C(=O)Cc1ccccc1N. The number of nitrogens with two attached hydrogens (primary N) is 1. The van der Waals surface area contributed by atoms with Crippen molar-refractivity contribution in [1.82, 2.24) is 9.88 Å². The number of pyridine rings is 1. The molecule has 1 amide bonds. The van der Waals surface area contributed by atoms with E-state index < -0.39 is 0 Å². The molecule has 4 nitrogen and oxygen atoms in total. The lowest BCUT2D eigenvalue weighted by Gasteiger charge is -2.17. The molecule has 0 unspecified atom stereocenters. The second-order valence-electron chi connectivity index (χ2n) is 4.45. The summed E-state index contributed by atoms with van der Waals surface area (Å²) in [6.45, 7) is 0.506. The third-order valence-electron chi connectivity index (χ3n) is 2.95. The van der Waals surface area contributed by atoms with Crippen LogP contribution in [-0.4, -0.2) is 22.8 Å². The molecule has 1 aromatic heterocycles. The Labute approximate surface area is 112 Å². The fourth-order valence-corrected chi connectivity index (χ4v) is 1.82. The minimum Gasteiger partial charge on any atom is -0.398 e. The van der Waals surface area contributed by atoms with Crippen LogP contribution in [0.15, 0.2) is 48.7 Å². The summed E-state index contributed by atoms with van der Waals surface area (Å²) in [7, 11) is 1.77. The van der Waals surface area contributed by atoms with Gasteiger partial charge in [-0.15, -0.1) is 0 Å². The molecular formula is C15H17N3O. The Morgan fingerprint density at radius 1 is 1.21 bits per heavy atom. The van der Waals surface area contributed by atoms with Crippen molar-refractivity contribution in [2.45, 2.75) is 13.0 Å². The molecule has 0 aliphatic heterocycles. The van der Waals surface area contributed by atoms with Gasteiger partial charge >= 0.3 is 0 Å². The largest absolute Gasteiger partial charge is 0.398 e. The Morgan fingerprint density at radius 2 is 1.95 bits per heavy atom. The van der Waals surface area contributed by atoms with Gasteiger partial charge in [0, 0.05) is 18.9 Å². The van der Waals surface area contributed by atoms with Gasteiger partial charge in [-0.25, -0.2) is 0 Å². The van der Waals surface area contributed by atoms with Crippen LogP contribution in [0.25, 0.3) is 0 Å². The van der Waals surface area contributed by atoms with Crippen LogP contribution in [0.5, 0.6) is 0 Å². The first kappa shape index (κ1) is 13.1. The number of hydrogen-bond acceptors (Lipinski definition) is 3. The summed E-state index contributed by atoms with van der Waals surface area (Å²) >= 11 is 0. The van der Waals surface area contributed by atoms with Crippen LogP contribution in [-0.2, 0) is 17.8 Å². The minimum absolute atomic E-state index is 0.0311. The second-order valence-corrected chi connectivity index (χ2v) is 4.45. The smallest absolute Gasteiger partial charge is 0.227 e. The molecule has 2 N–H and O–H groups in total. The zero-order valence-corrected chi connectivity index (χ0v) is 10.9. The standard InChI is InChI=1S/C15H17N3O/c1-18(11-13-7-4-5-9-17-13)15(19)10-12-6-2-3-8-14(12)16/h2-9H,10-11,16H2,1H3. The fraction of sp³-hybridized carbons (Fsp3) is 0.200. The molecule has 0 spiro atoms. The summed E-state index contributed by atoms with van der Waals surface area (Å²) in [5.74, 6) is 0.0311. The number of aromatic nitrogens is 1. The molecule has 0 saturated carbocycles. The molecule has 2 aromatic rings. The lowest BCUT2D eigenvalue weighted by Crippen LogP contribution is -2.28. The van der Waals surface area contributed by atoms with Gasteiger partial charge in [-0.1, -0.05) is 24.3 Å². The van der Waals surface area contributed by atoms with Crippen molar-refractivity contribution < 1.29 is 4.79 Å². The predicted molar refractivity (Wildman–Crippen MR) is 75.3 cm³/mol. The van der Waals surface area contributed by atoms with Crippen molar-refractivity contribution in [1.29, 1.82) is 0 Å². The molecule has 0 radical (unpaired) electrons. The van der Waals surface area contributed by atoms with Crippen LogP contribution in [0, 0.1) is 0 Å². The number of para-hydroxylation sites is 1. The normalized spacial score (nSPS) is 10.2. The van der Waals surface area contributed by atoms with Crippen LogP contribution in [0.2, 0.25) is 0 Å². The monoisotopic (exact) mass is 255 g/mol. The quantitative estimate of drug-likeness (QED) is 0.848. The first-order valence-electron chi connectivity index (χ1n) is 6.14. The van der Waals surface area contributed by atoms with Crippen LogP contribution >= 0.6 is 0 Å². The molecular weight excluding hydrogens is 238 g/mol. The maximum absolute atomic E-state index is 12.1. The van der Waals surface area contributed by atoms with Crippen molar-refractivity contribution in [2.24, 2.45) is 0 Å². The Bertz CT molecular complexity index is 554. The van der Waals surface area contributed by atoms with Crippen LogP contribution < -0.4 is 5.73 Å². The Kier molecular flexibility index (Phi) is 4.13. The molecule has 19 heavy (non-hydrogen) atoms. The summed E-state index contributed by atoms with van der Waals surface area (Å²) in [6, 6.07) is 13.1. The van der Waals surface area contributed by atoms with E-state index in [2.05, 4.69) is 4.98 Å². The van der Waals surface area contributed by atoms with Crippen molar-refractivity contribution >= 4 is 11.6 Å². The van der Waals surface area contributed by atoms with Crippen LogP contribution in [0.3, 0.4) is 0 Å². The van der Waals surface area contributed by atoms with E-state index >= 15 is 0 Å². The molecule has 1 aromatic carbocycles. The maximum atomic E-state index is 12.1. The molecule has 2 rings (SSSR count). The van der Waals surface area contributed by atoms with E-state index in [4.69, 9.17) is 5.73 Å².